The van der Waals surface area contributed by atoms with E-state index in [0.29, 0.717) is 56.6 Å². The molecule has 1 fully saturated rings. The van der Waals surface area contributed by atoms with Crippen LogP contribution in [0.2, 0.25) is 0 Å². The molecule has 10 nitrogen and oxygen atoms in total. The second-order valence-corrected chi connectivity index (χ2v) is 8.22. The third kappa shape index (κ3) is 6.20. The number of carbonyl (C=O) groups is 2. The third-order valence-electron chi connectivity index (χ3n) is 5.92. The lowest BCUT2D eigenvalue weighted by molar-refractivity contribution is -0.384. The van der Waals surface area contributed by atoms with Crippen LogP contribution in [0, 0.1) is 10.1 Å². The summed E-state index contributed by atoms with van der Waals surface area (Å²) in [7, 11) is 0. The molecule has 0 spiro atoms. The number of nitrogens with zero attached hydrogens (tertiary/aromatic N) is 3. The quantitative estimate of drug-likeness (QED) is 0.428. The molecular formula is C25H32N4O6. The molecule has 188 valence electrons. The van der Waals surface area contributed by atoms with Crippen molar-refractivity contribution in [1.82, 2.24) is 10.2 Å². The highest BCUT2D eigenvalue weighted by Gasteiger charge is 2.26. The van der Waals surface area contributed by atoms with Crippen LogP contribution in [0.5, 0.6) is 11.5 Å². The van der Waals surface area contributed by atoms with Crippen molar-refractivity contribution >= 4 is 23.2 Å². The lowest BCUT2D eigenvalue weighted by Gasteiger charge is -2.35. The van der Waals surface area contributed by atoms with Gasteiger partial charge in [-0.3, -0.25) is 19.7 Å². The molecule has 0 aliphatic carbocycles. The highest BCUT2D eigenvalue weighted by atomic mass is 16.6. The fourth-order valence-electron chi connectivity index (χ4n) is 4.04. The first kappa shape index (κ1) is 25.8. The molecule has 10 heteroatoms. The van der Waals surface area contributed by atoms with Crippen LogP contribution in [0.1, 0.15) is 49.7 Å². The first-order valence-electron chi connectivity index (χ1n) is 11.7. The lowest BCUT2D eigenvalue weighted by Crippen LogP contribution is -2.48. The number of amides is 2. The Morgan fingerprint density at radius 1 is 1.03 bits per heavy atom. The average molecular weight is 485 g/mol. The topological polar surface area (TPSA) is 114 Å². The van der Waals surface area contributed by atoms with Crippen LogP contribution in [-0.2, 0) is 4.79 Å². The number of carbonyl (C=O) groups excluding carboxylic acids is 2. The second kappa shape index (κ2) is 11.5. The van der Waals surface area contributed by atoms with Gasteiger partial charge in [0.1, 0.15) is 5.69 Å². The van der Waals surface area contributed by atoms with E-state index in [-0.39, 0.29) is 23.2 Å². The van der Waals surface area contributed by atoms with Crippen LogP contribution in [0.25, 0.3) is 0 Å². The normalized spacial score (nSPS) is 14.3. The summed E-state index contributed by atoms with van der Waals surface area (Å²) < 4.78 is 11.3. The van der Waals surface area contributed by atoms with Crippen molar-refractivity contribution in [1.29, 1.82) is 0 Å². The number of anilines is 1. The van der Waals surface area contributed by atoms with Crippen LogP contribution < -0.4 is 19.7 Å². The lowest BCUT2D eigenvalue weighted by atomic mass is 10.1. The van der Waals surface area contributed by atoms with Crippen molar-refractivity contribution in [3.05, 3.63) is 57.6 Å². The summed E-state index contributed by atoms with van der Waals surface area (Å²) in [5.74, 6) is 0.798. The monoisotopic (exact) mass is 484 g/mol. The maximum Gasteiger partial charge on any atom is 0.293 e. The molecule has 1 unspecified atom stereocenters. The molecule has 1 atom stereocenters. The number of benzene rings is 2. The van der Waals surface area contributed by atoms with Crippen LogP contribution in [0.15, 0.2) is 36.4 Å². The summed E-state index contributed by atoms with van der Waals surface area (Å²) in [6.45, 7) is 10.1. The molecule has 35 heavy (non-hydrogen) atoms. The van der Waals surface area contributed by atoms with E-state index in [1.807, 2.05) is 37.8 Å². The van der Waals surface area contributed by atoms with Gasteiger partial charge in [-0.05, 0) is 50.6 Å². The van der Waals surface area contributed by atoms with Crippen LogP contribution in [0.4, 0.5) is 11.4 Å². The van der Waals surface area contributed by atoms with Gasteiger partial charge in [0.05, 0.1) is 24.2 Å². The number of hydrogen-bond acceptors (Lipinski definition) is 7. The van der Waals surface area contributed by atoms with E-state index in [4.69, 9.17) is 9.47 Å². The smallest absolute Gasteiger partial charge is 0.293 e. The summed E-state index contributed by atoms with van der Waals surface area (Å²) in [5, 5.41) is 14.7. The minimum absolute atomic E-state index is 0.0128. The molecule has 0 saturated carbocycles. The standard InChI is InChI=1S/C25H32N4O6/c1-5-34-23-10-8-19(16-24(23)35-6-2)17(3)26-25(31)20-7-9-21(22(15-20)29(32)33)28-13-11-27(12-14-28)18(4)30/h7-10,15-17H,5-6,11-14H2,1-4H3,(H,26,31). The van der Waals surface area contributed by atoms with Gasteiger partial charge in [-0.1, -0.05) is 6.07 Å². The maximum absolute atomic E-state index is 12.9. The van der Waals surface area contributed by atoms with Crippen molar-refractivity contribution in [2.75, 3.05) is 44.3 Å². The average Bonchev–Trinajstić information content (AvgIpc) is 2.85. The molecule has 2 aromatic carbocycles. The van der Waals surface area contributed by atoms with Gasteiger partial charge in [-0.2, -0.15) is 0 Å². The molecule has 2 amide bonds. The van der Waals surface area contributed by atoms with Crippen molar-refractivity contribution in [3.8, 4) is 11.5 Å². The van der Waals surface area contributed by atoms with Gasteiger partial charge >= 0.3 is 0 Å². The van der Waals surface area contributed by atoms with Gasteiger partial charge in [-0.15, -0.1) is 0 Å². The van der Waals surface area contributed by atoms with Gasteiger partial charge < -0.3 is 24.6 Å². The summed E-state index contributed by atoms with van der Waals surface area (Å²) >= 11 is 0. The van der Waals surface area contributed by atoms with Crippen molar-refractivity contribution < 1.29 is 24.0 Å². The van der Waals surface area contributed by atoms with Crippen molar-refractivity contribution in [2.24, 2.45) is 0 Å². The summed E-state index contributed by atoms with van der Waals surface area (Å²) in [6.07, 6.45) is 0. The fourth-order valence-corrected chi connectivity index (χ4v) is 4.04. The Hall–Kier alpha value is -3.82. The number of piperazine rings is 1. The zero-order valence-electron chi connectivity index (χ0n) is 20.6. The number of nitro groups is 1. The van der Waals surface area contributed by atoms with Gasteiger partial charge in [-0.25, -0.2) is 0 Å². The minimum atomic E-state index is -0.478. The second-order valence-electron chi connectivity index (χ2n) is 8.22. The number of ether oxygens (including phenoxy) is 2. The first-order valence-corrected chi connectivity index (χ1v) is 11.7. The molecule has 1 aliphatic rings. The predicted molar refractivity (Wildman–Crippen MR) is 132 cm³/mol. The van der Waals surface area contributed by atoms with Gasteiger partial charge in [0.2, 0.25) is 5.91 Å². The number of nitrogens with one attached hydrogen (secondary N) is 1. The zero-order valence-corrected chi connectivity index (χ0v) is 20.6. The van der Waals surface area contributed by atoms with Gasteiger partial charge in [0.25, 0.3) is 11.6 Å². The Kier molecular flexibility index (Phi) is 8.51. The van der Waals surface area contributed by atoms with Crippen LogP contribution in [-0.4, -0.2) is 61.0 Å². The molecule has 0 bridgehead atoms. The first-order chi connectivity index (χ1) is 16.7. The molecular weight excluding hydrogens is 452 g/mol. The van der Waals surface area contributed by atoms with E-state index in [1.165, 1.54) is 13.0 Å². The van der Waals surface area contributed by atoms with Crippen molar-refractivity contribution in [3.63, 3.8) is 0 Å². The van der Waals surface area contributed by atoms with E-state index >= 15 is 0 Å². The Morgan fingerprint density at radius 3 is 2.29 bits per heavy atom. The Bertz CT molecular complexity index is 1080. The van der Waals surface area contributed by atoms with Crippen LogP contribution >= 0.6 is 0 Å². The third-order valence-corrected chi connectivity index (χ3v) is 5.92. The Morgan fingerprint density at radius 2 is 1.69 bits per heavy atom. The highest BCUT2D eigenvalue weighted by Crippen LogP contribution is 2.32. The summed E-state index contributed by atoms with van der Waals surface area (Å²) in [6, 6.07) is 9.61. The molecule has 1 N–H and O–H groups in total. The van der Waals surface area contributed by atoms with E-state index in [2.05, 4.69) is 5.32 Å². The Balaban J connectivity index is 1.76. The van der Waals surface area contributed by atoms with E-state index in [0.717, 1.165) is 5.56 Å². The SMILES string of the molecule is CCOc1ccc(C(C)NC(=O)c2ccc(N3CCN(C(C)=O)CC3)c([N+](=O)[O-])c2)cc1OCC. The summed E-state index contributed by atoms with van der Waals surface area (Å²) in [4.78, 5) is 39.4. The molecule has 2 aromatic rings. The van der Waals surface area contributed by atoms with Crippen LogP contribution in [0.3, 0.4) is 0 Å². The summed E-state index contributed by atoms with van der Waals surface area (Å²) in [5.41, 5.74) is 1.32. The number of nitro benzene ring substituents is 1. The highest BCUT2D eigenvalue weighted by molar-refractivity contribution is 5.96. The Labute approximate surface area is 204 Å². The fraction of sp³-hybridized carbons (Fsp3) is 0.440. The van der Waals surface area contributed by atoms with E-state index in [1.54, 1.807) is 23.1 Å². The molecule has 0 radical (unpaired) electrons. The minimum Gasteiger partial charge on any atom is -0.490 e. The largest absolute Gasteiger partial charge is 0.490 e. The number of rotatable bonds is 9. The maximum atomic E-state index is 12.9. The molecule has 3 rings (SSSR count). The molecule has 1 aliphatic heterocycles. The van der Waals surface area contributed by atoms with Gasteiger partial charge in [0.15, 0.2) is 11.5 Å². The van der Waals surface area contributed by atoms with Crippen molar-refractivity contribution in [2.45, 2.75) is 33.7 Å². The van der Waals surface area contributed by atoms with Gasteiger partial charge in [0, 0.05) is 44.7 Å². The molecule has 1 saturated heterocycles. The van der Waals surface area contributed by atoms with E-state index < -0.39 is 10.8 Å². The van der Waals surface area contributed by atoms with E-state index in [9.17, 15) is 19.7 Å². The zero-order chi connectivity index (χ0) is 25.5. The molecule has 0 aromatic heterocycles. The molecule has 1 heterocycles. The number of hydrogen-bond donors (Lipinski definition) is 1. The predicted octanol–water partition coefficient (Wildman–Crippen LogP) is 3.55.